The largest absolute Gasteiger partial charge is 0.252 e. The van der Waals surface area contributed by atoms with Crippen molar-refractivity contribution in [2.24, 2.45) is 0 Å². The molecule has 1 atom stereocenters. The highest BCUT2D eigenvalue weighted by Crippen LogP contribution is 2.32. The Kier molecular flexibility index (Phi) is 6.65. The van der Waals surface area contributed by atoms with Gasteiger partial charge in [-0.15, -0.1) is 0 Å². The summed E-state index contributed by atoms with van der Waals surface area (Å²) < 4.78 is 1.09. The third-order valence-electron chi connectivity index (χ3n) is 4.33. The zero-order chi connectivity index (χ0) is 19.2. The van der Waals surface area contributed by atoms with E-state index in [9.17, 15) is 0 Å². The van der Waals surface area contributed by atoms with Gasteiger partial charge in [0.25, 0.3) is 0 Å². The molecule has 3 rings (SSSR count). The third kappa shape index (κ3) is 5.18. The predicted octanol–water partition coefficient (Wildman–Crippen LogP) is 7.78. The highest BCUT2D eigenvalue weighted by Gasteiger charge is 2.15. The van der Waals surface area contributed by atoms with Crippen LogP contribution >= 0.6 is 27.5 Å². The molecule has 2 aromatic rings. The van der Waals surface area contributed by atoms with E-state index in [1.54, 1.807) is 0 Å². The van der Waals surface area contributed by atoms with Crippen LogP contribution in [0.4, 0.5) is 0 Å². The fraction of sp³-hybridized carbons (Fsp3) is 0.125. The lowest BCUT2D eigenvalue weighted by Crippen LogP contribution is -2.03. The number of rotatable bonds is 5. The van der Waals surface area contributed by atoms with Gasteiger partial charge < -0.3 is 0 Å². The molecule has 1 heterocycles. The monoisotopic (exact) mass is 437 g/mol. The van der Waals surface area contributed by atoms with Gasteiger partial charge in [0.05, 0.1) is 5.69 Å². The van der Waals surface area contributed by atoms with Crippen molar-refractivity contribution < 1.29 is 0 Å². The molecular weight excluding hydrogens is 418 g/mol. The van der Waals surface area contributed by atoms with Gasteiger partial charge in [-0.2, -0.15) is 0 Å². The Bertz CT molecular complexity index is 952. The van der Waals surface area contributed by atoms with E-state index in [1.165, 1.54) is 0 Å². The SMILES string of the molecule is C=C(/C=C(Cl)\C=C/C)c1cc(-c2ccccc2)nc(C2C=C(Br)C=CC2)c1. The number of aromatic nitrogens is 1. The summed E-state index contributed by atoms with van der Waals surface area (Å²) in [6.45, 7) is 6.16. The fourth-order valence-corrected chi connectivity index (χ4v) is 3.75. The molecule has 1 aromatic carbocycles. The lowest BCUT2D eigenvalue weighted by Gasteiger charge is -2.17. The maximum atomic E-state index is 6.26. The number of nitrogens with zero attached hydrogens (tertiary/aromatic N) is 1. The Morgan fingerprint density at radius 2 is 2.04 bits per heavy atom. The number of hydrogen-bond acceptors (Lipinski definition) is 1. The summed E-state index contributed by atoms with van der Waals surface area (Å²) in [6.07, 6.45) is 13.0. The summed E-state index contributed by atoms with van der Waals surface area (Å²) >= 11 is 9.84. The normalized spacial score (nSPS) is 17.2. The molecule has 1 unspecified atom stereocenters. The Balaban J connectivity index is 2.07. The summed E-state index contributed by atoms with van der Waals surface area (Å²) in [4.78, 5) is 4.95. The molecule has 0 amide bonds. The zero-order valence-corrected chi connectivity index (χ0v) is 17.5. The van der Waals surface area contributed by atoms with E-state index < -0.39 is 0 Å². The average Bonchev–Trinajstić information content (AvgIpc) is 2.68. The second kappa shape index (κ2) is 9.16. The van der Waals surface area contributed by atoms with Crippen molar-refractivity contribution in [2.75, 3.05) is 0 Å². The van der Waals surface area contributed by atoms with Crippen LogP contribution in [0.2, 0.25) is 0 Å². The lowest BCUT2D eigenvalue weighted by molar-refractivity contribution is 0.815. The molecule has 1 aliphatic carbocycles. The van der Waals surface area contributed by atoms with Crippen LogP contribution in [0.3, 0.4) is 0 Å². The van der Waals surface area contributed by atoms with Crippen LogP contribution in [0.15, 0.2) is 95.0 Å². The minimum atomic E-state index is 0.231. The summed E-state index contributed by atoms with van der Waals surface area (Å²) in [7, 11) is 0. The van der Waals surface area contributed by atoms with Gasteiger partial charge in [-0.3, -0.25) is 4.98 Å². The van der Waals surface area contributed by atoms with E-state index in [2.05, 4.69) is 65.0 Å². The Labute approximate surface area is 174 Å². The zero-order valence-electron chi connectivity index (χ0n) is 15.2. The van der Waals surface area contributed by atoms with Crippen LogP contribution in [0.1, 0.15) is 30.5 Å². The van der Waals surface area contributed by atoms with Crippen molar-refractivity contribution in [1.29, 1.82) is 0 Å². The predicted molar refractivity (Wildman–Crippen MR) is 121 cm³/mol. The molecule has 3 heteroatoms. The molecule has 0 bridgehead atoms. The maximum Gasteiger partial charge on any atom is 0.0711 e. The van der Waals surface area contributed by atoms with E-state index in [0.29, 0.717) is 5.03 Å². The van der Waals surface area contributed by atoms with Gasteiger partial charge in [0.2, 0.25) is 0 Å². The van der Waals surface area contributed by atoms with Gasteiger partial charge in [-0.25, -0.2) is 0 Å². The standard InChI is InChI=1S/C24H21BrClN/c1-3-8-22(26)13-17(2)20-15-23(18-9-5-4-6-10-18)27-24(16-20)19-11-7-12-21(25)14-19/h3-10,12-16,19H,2,11H2,1H3/b8-3-,22-13+. The summed E-state index contributed by atoms with van der Waals surface area (Å²) in [5.74, 6) is 0.231. The van der Waals surface area contributed by atoms with E-state index in [0.717, 1.165) is 39.0 Å². The molecule has 1 nitrogen and oxygen atoms in total. The summed E-state index contributed by atoms with van der Waals surface area (Å²) in [5, 5.41) is 0.658. The van der Waals surface area contributed by atoms with Crippen LogP contribution < -0.4 is 0 Å². The highest BCUT2D eigenvalue weighted by atomic mass is 79.9. The number of pyridine rings is 1. The molecule has 0 spiro atoms. The van der Waals surface area contributed by atoms with Gasteiger partial charge in [0, 0.05) is 26.7 Å². The molecule has 0 N–H and O–H groups in total. The van der Waals surface area contributed by atoms with Crippen molar-refractivity contribution in [2.45, 2.75) is 19.3 Å². The fourth-order valence-electron chi connectivity index (χ4n) is 2.99. The number of allylic oxidation sites excluding steroid dienone is 9. The van der Waals surface area contributed by atoms with Crippen molar-refractivity contribution >= 4 is 33.1 Å². The molecule has 136 valence electrons. The highest BCUT2D eigenvalue weighted by molar-refractivity contribution is 9.11. The van der Waals surface area contributed by atoms with Crippen molar-refractivity contribution in [3.05, 3.63) is 106 Å². The molecule has 27 heavy (non-hydrogen) atoms. The molecule has 0 aliphatic heterocycles. The smallest absolute Gasteiger partial charge is 0.0711 e. The minimum Gasteiger partial charge on any atom is -0.252 e. The Morgan fingerprint density at radius 3 is 2.74 bits per heavy atom. The topological polar surface area (TPSA) is 12.9 Å². The van der Waals surface area contributed by atoms with Crippen LogP contribution in [-0.4, -0.2) is 4.98 Å². The average molecular weight is 439 g/mol. The van der Waals surface area contributed by atoms with Gasteiger partial charge in [0.1, 0.15) is 0 Å². The van der Waals surface area contributed by atoms with Crippen molar-refractivity contribution in [3.63, 3.8) is 0 Å². The Morgan fingerprint density at radius 1 is 1.26 bits per heavy atom. The first-order valence-electron chi connectivity index (χ1n) is 8.87. The maximum absolute atomic E-state index is 6.26. The van der Waals surface area contributed by atoms with Gasteiger partial charge >= 0.3 is 0 Å². The van der Waals surface area contributed by atoms with Gasteiger partial charge in [-0.1, -0.05) is 88.7 Å². The van der Waals surface area contributed by atoms with Gasteiger partial charge in [0.15, 0.2) is 0 Å². The second-order valence-electron chi connectivity index (χ2n) is 6.38. The minimum absolute atomic E-state index is 0.231. The van der Waals surface area contributed by atoms with Crippen molar-refractivity contribution in [1.82, 2.24) is 4.98 Å². The first-order chi connectivity index (χ1) is 13.1. The van der Waals surface area contributed by atoms with Crippen LogP contribution in [0.25, 0.3) is 16.8 Å². The molecule has 1 aliphatic rings. The van der Waals surface area contributed by atoms with Gasteiger partial charge in [-0.05, 0) is 48.8 Å². The van der Waals surface area contributed by atoms with Crippen molar-refractivity contribution in [3.8, 4) is 11.3 Å². The molecule has 0 saturated heterocycles. The molecule has 0 radical (unpaired) electrons. The Hall–Kier alpha value is -2.16. The van der Waals surface area contributed by atoms with E-state index >= 15 is 0 Å². The van der Waals surface area contributed by atoms with E-state index in [1.807, 2.05) is 43.4 Å². The third-order valence-corrected chi connectivity index (χ3v) is 5.09. The second-order valence-corrected chi connectivity index (χ2v) is 7.73. The molecule has 0 saturated carbocycles. The van der Waals surface area contributed by atoms with E-state index in [-0.39, 0.29) is 5.92 Å². The first-order valence-corrected chi connectivity index (χ1v) is 10.0. The summed E-state index contributed by atoms with van der Waals surface area (Å²) in [6, 6.07) is 14.4. The lowest BCUT2D eigenvalue weighted by atomic mass is 9.93. The van der Waals surface area contributed by atoms with Crippen LogP contribution in [0.5, 0.6) is 0 Å². The summed E-state index contributed by atoms with van der Waals surface area (Å²) in [5.41, 5.74) is 4.96. The quantitative estimate of drug-likeness (QED) is 0.434. The van der Waals surface area contributed by atoms with Crippen LogP contribution in [-0.2, 0) is 0 Å². The number of benzene rings is 1. The first kappa shape index (κ1) is 19.6. The van der Waals surface area contributed by atoms with E-state index in [4.69, 9.17) is 16.6 Å². The van der Waals surface area contributed by atoms with Crippen LogP contribution in [0, 0.1) is 0 Å². The molecule has 0 fully saturated rings. The molecule has 1 aromatic heterocycles. The molecular formula is C24H21BrClN. The number of halogens is 2. The number of hydrogen-bond donors (Lipinski definition) is 0.